The number of esters is 1. The third-order valence-electron chi connectivity index (χ3n) is 5.17. The minimum Gasteiger partial charge on any atom is -0.466 e. The number of anilines is 2. The number of pyridine rings is 1. The molecule has 0 radical (unpaired) electrons. The zero-order valence-corrected chi connectivity index (χ0v) is 17.6. The molecule has 1 atom stereocenters. The lowest BCUT2D eigenvalue weighted by molar-refractivity contribution is -0.149. The van der Waals surface area contributed by atoms with Gasteiger partial charge in [-0.15, -0.1) is 0 Å². The fraction of sp³-hybridized carbons (Fsp3) is 0.409. The van der Waals surface area contributed by atoms with Crippen LogP contribution in [0.2, 0.25) is 0 Å². The Hall–Kier alpha value is -3.17. The van der Waals surface area contributed by atoms with Gasteiger partial charge in [-0.3, -0.25) is 9.59 Å². The van der Waals surface area contributed by atoms with Crippen LogP contribution in [0.25, 0.3) is 0 Å². The second-order valence-electron chi connectivity index (χ2n) is 7.89. The van der Waals surface area contributed by atoms with Crippen molar-refractivity contribution < 1.29 is 31.9 Å². The largest absolute Gasteiger partial charge is 0.466 e. The zero-order valence-electron chi connectivity index (χ0n) is 17.6. The summed E-state index contributed by atoms with van der Waals surface area (Å²) in [5, 5.41) is 5.36. The molecule has 1 unspecified atom stereocenters. The summed E-state index contributed by atoms with van der Waals surface area (Å²) in [5.74, 6) is -2.12. The molecular formula is C22H23F4N3O3. The molecule has 1 aliphatic rings. The molecule has 1 aromatic heterocycles. The molecule has 0 bridgehead atoms. The van der Waals surface area contributed by atoms with Crippen molar-refractivity contribution in [3.63, 3.8) is 0 Å². The highest BCUT2D eigenvalue weighted by Crippen LogP contribution is 2.35. The predicted octanol–water partition coefficient (Wildman–Crippen LogP) is 4.79. The number of ether oxygens (including phenoxy) is 1. The number of aromatic nitrogens is 1. The summed E-state index contributed by atoms with van der Waals surface area (Å²) in [6.07, 6.45) is -2.63. The number of carbonyl (C=O) groups excluding carboxylic acids is 2. The summed E-state index contributed by atoms with van der Waals surface area (Å²) in [7, 11) is 0. The highest BCUT2D eigenvalue weighted by molar-refractivity contribution is 5.96. The van der Waals surface area contributed by atoms with Crippen molar-refractivity contribution in [3.05, 3.63) is 53.0 Å². The molecule has 1 saturated heterocycles. The topological polar surface area (TPSA) is 80.3 Å². The molecule has 1 amide bonds. The Morgan fingerprint density at radius 1 is 1.31 bits per heavy atom. The van der Waals surface area contributed by atoms with E-state index in [0.29, 0.717) is 36.8 Å². The van der Waals surface area contributed by atoms with Gasteiger partial charge < -0.3 is 15.4 Å². The third-order valence-corrected chi connectivity index (χ3v) is 5.17. The van der Waals surface area contributed by atoms with Gasteiger partial charge in [0.15, 0.2) is 5.82 Å². The first kappa shape index (κ1) is 23.5. The van der Waals surface area contributed by atoms with Crippen molar-refractivity contribution in [2.24, 2.45) is 5.92 Å². The number of cyclic esters (lactones) is 1. The number of hydrogen-bond donors (Lipinski definition) is 2. The molecule has 0 saturated carbocycles. The number of alkyl halides is 3. The molecule has 3 rings (SSSR count). The van der Waals surface area contributed by atoms with Crippen molar-refractivity contribution in [2.75, 3.05) is 18.5 Å². The molecule has 32 heavy (non-hydrogen) atoms. The highest BCUT2D eigenvalue weighted by Gasteiger charge is 2.35. The van der Waals surface area contributed by atoms with Gasteiger partial charge in [-0.05, 0) is 42.0 Å². The second kappa shape index (κ2) is 9.54. The number of nitrogens with one attached hydrogen (secondary N) is 2. The third kappa shape index (κ3) is 5.54. The fourth-order valence-electron chi connectivity index (χ4n) is 3.43. The van der Waals surface area contributed by atoms with Crippen molar-refractivity contribution in [3.8, 4) is 0 Å². The van der Waals surface area contributed by atoms with Gasteiger partial charge in [-0.1, -0.05) is 19.9 Å². The minimum atomic E-state index is -4.82. The van der Waals surface area contributed by atoms with Crippen LogP contribution in [-0.2, 0) is 15.7 Å². The average molecular weight is 453 g/mol. The number of benzene rings is 1. The molecule has 6 nitrogen and oxygen atoms in total. The summed E-state index contributed by atoms with van der Waals surface area (Å²) in [4.78, 5) is 28.2. The Balaban J connectivity index is 1.78. The van der Waals surface area contributed by atoms with Crippen molar-refractivity contribution in [2.45, 2.75) is 38.8 Å². The summed E-state index contributed by atoms with van der Waals surface area (Å²) < 4.78 is 58.1. The molecule has 2 aromatic rings. The number of rotatable bonds is 6. The normalized spacial score (nSPS) is 16.6. The van der Waals surface area contributed by atoms with E-state index in [1.165, 1.54) is 18.3 Å². The lowest BCUT2D eigenvalue weighted by Gasteiger charge is -2.22. The molecule has 172 valence electrons. The SMILES string of the molecule is CC(C)c1cc(Nc2cccc(C(F)(F)F)c2F)ncc1C(=O)NCC1CCOC(=O)C1. The molecule has 0 aliphatic carbocycles. The summed E-state index contributed by atoms with van der Waals surface area (Å²) >= 11 is 0. The van der Waals surface area contributed by atoms with Crippen LogP contribution in [0, 0.1) is 11.7 Å². The Kier molecular flexibility index (Phi) is 7.00. The maximum atomic E-state index is 14.3. The Morgan fingerprint density at radius 2 is 2.06 bits per heavy atom. The van der Waals surface area contributed by atoms with Gasteiger partial charge >= 0.3 is 12.1 Å². The Bertz CT molecular complexity index is 1010. The molecule has 10 heteroatoms. The van der Waals surface area contributed by atoms with Gasteiger partial charge in [0.25, 0.3) is 5.91 Å². The van der Waals surface area contributed by atoms with Gasteiger partial charge in [0, 0.05) is 12.7 Å². The van der Waals surface area contributed by atoms with Crippen molar-refractivity contribution in [1.82, 2.24) is 10.3 Å². The van der Waals surface area contributed by atoms with Gasteiger partial charge in [0.05, 0.1) is 29.8 Å². The number of amides is 1. The van der Waals surface area contributed by atoms with Gasteiger partial charge in [-0.2, -0.15) is 13.2 Å². The predicted molar refractivity (Wildman–Crippen MR) is 109 cm³/mol. The number of nitrogens with zero attached hydrogens (tertiary/aromatic N) is 1. The molecule has 2 heterocycles. The van der Waals surface area contributed by atoms with E-state index in [1.807, 2.05) is 13.8 Å². The van der Waals surface area contributed by atoms with Crippen LogP contribution < -0.4 is 10.6 Å². The molecule has 1 fully saturated rings. The van der Waals surface area contributed by atoms with Crippen LogP contribution in [0.4, 0.5) is 29.1 Å². The van der Waals surface area contributed by atoms with E-state index >= 15 is 0 Å². The van der Waals surface area contributed by atoms with E-state index in [1.54, 1.807) is 0 Å². The first-order valence-corrected chi connectivity index (χ1v) is 10.1. The zero-order chi connectivity index (χ0) is 23.5. The first-order chi connectivity index (χ1) is 15.1. The van der Waals surface area contributed by atoms with E-state index in [9.17, 15) is 27.2 Å². The van der Waals surface area contributed by atoms with E-state index in [0.717, 1.165) is 6.07 Å². The molecular weight excluding hydrogens is 430 g/mol. The lowest BCUT2D eigenvalue weighted by atomic mass is 9.97. The molecule has 2 N–H and O–H groups in total. The van der Waals surface area contributed by atoms with Crippen molar-refractivity contribution >= 4 is 23.4 Å². The number of halogens is 4. The van der Waals surface area contributed by atoms with Crippen LogP contribution >= 0.6 is 0 Å². The van der Waals surface area contributed by atoms with E-state index in [4.69, 9.17) is 4.74 Å². The standard InChI is InChI=1S/C22H23F4N3O3/c1-12(2)14-9-18(29-17-5-3-4-16(20(17)23)22(24,25)26)27-11-15(14)21(31)28-10-13-6-7-32-19(30)8-13/h3-5,9,11-13H,6-8,10H2,1-2H3,(H,27,29)(H,28,31). The number of hydrogen-bond acceptors (Lipinski definition) is 5. The van der Waals surface area contributed by atoms with Gasteiger partial charge in [-0.25, -0.2) is 9.37 Å². The maximum Gasteiger partial charge on any atom is 0.419 e. The summed E-state index contributed by atoms with van der Waals surface area (Å²) in [5.41, 5.74) is -0.860. The van der Waals surface area contributed by atoms with Gasteiger partial charge in [0.2, 0.25) is 0 Å². The fourth-order valence-corrected chi connectivity index (χ4v) is 3.43. The Labute approximate surface area is 182 Å². The van der Waals surface area contributed by atoms with E-state index in [-0.39, 0.29) is 41.6 Å². The molecule has 1 aromatic carbocycles. The summed E-state index contributed by atoms with van der Waals surface area (Å²) in [6, 6.07) is 4.45. The Morgan fingerprint density at radius 3 is 2.72 bits per heavy atom. The highest BCUT2D eigenvalue weighted by atomic mass is 19.4. The van der Waals surface area contributed by atoms with Crippen molar-refractivity contribution in [1.29, 1.82) is 0 Å². The maximum absolute atomic E-state index is 14.3. The first-order valence-electron chi connectivity index (χ1n) is 10.1. The second-order valence-corrected chi connectivity index (χ2v) is 7.89. The monoisotopic (exact) mass is 453 g/mol. The van der Waals surface area contributed by atoms with E-state index < -0.39 is 17.6 Å². The minimum absolute atomic E-state index is 0.0134. The average Bonchev–Trinajstić information content (AvgIpc) is 2.72. The smallest absolute Gasteiger partial charge is 0.419 e. The van der Waals surface area contributed by atoms with Crippen LogP contribution in [0.1, 0.15) is 54.1 Å². The van der Waals surface area contributed by atoms with Gasteiger partial charge in [0.1, 0.15) is 5.82 Å². The summed E-state index contributed by atoms with van der Waals surface area (Å²) in [6.45, 7) is 4.32. The van der Waals surface area contributed by atoms with Crippen LogP contribution in [0.5, 0.6) is 0 Å². The number of carbonyl (C=O) groups is 2. The van der Waals surface area contributed by atoms with Crippen LogP contribution in [-0.4, -0.2) is 30.0 Å². The lowest BCUT2D eigenvalue weighted by Crippen LogP contribution is -2.34. The quantitative estimate of drug-likeness (QED) is 0.486. The van der Waals surface area contributed by atoms with Crippen LogP contribution in [0.3, 0.4) is 0 Å². The molecule has 1 aliphatic heterocycles. The molecule has 0 spiro atoms. The van der Waals surface area contributed by atoms with Crippen LogP contribution in [0.15, 0.2) is 30.5 Å². The van der Waals surface area contributed by atoms with E-state index in [2.05, 4.69) is 15.6 Å².